The van der Waals surface area contributed by atoms with Gasteiger partial charge in [-0.2, -0.15) is 0 Å². The Hall–Kier alpha value is -1.35. The van der Waals surface area contributed by atoms with E-state index < -0.39 is 0 Å². The number of halogens is 1. The maximum Gasteiger partial charge on any atom is 0.157 e. The zero-order valence-corrected chi connectivity index (χ0v) is 9.45. The summed E-state index contributed by atoms with van der Waals surface area (Å²) in [6.45, 7) is 0.0680. The third-order valence-corrected chi connectivity index (χ3v) is 2.49. The lowest BCUT2D eigenvalue weighted by Crippen LogP contribution is -1.97. The molecule has 2 rings (SSSR count). The predicted molar refractivity (Wildman–Crippen MR) is 62.0 cm³/mol. The van der Waals surface area contributed by atoms with E-state index in [1.54, 1.807) is 6.07 Å². The van der Waals surface area contributed by atoms with Gasteiger partial charge in [0.25, 0.3) is 0 Å². The predicted octanol–water partition coefficient (Wildman–Crippen LogP) is 2.98. The lowest BCUT2D eigenvalue weighted by molar-refractivity contribution is -0.109. The van der Waals surface area contributed by atoms with Gasteiger partial charge in [0.1, 0.15) is 12.4 Å². The topological polar surface area (TPSA) is 26.3 Å². The fourth-order valence-electron chi connectivity index (χ4n) is 1.33. The molecule has 15 heavy (non-hydrogen) atoms. The van der Waals surface area contributed by atoms with Crippen LogP contribution in [0.5, 0.6) is 5.75 Å². The van der Waals surface area contributed by atoms with Crippen LogP contribution in [-0.4, -0.2) is 12.9 Å². The van der Waals surface area contributed by atoms with Gasteiger partial charge in [-0.25, -0.2) is 0 Å². The van der Waals surface area contributed by atoms with E-state index in [-0.39, 0.29) is 6.61 Å². The molecule has 2 aromatic carbocycles. The van der Waals surface area contributed by atoms with E-state index in [0.29, 0.717) is 5.75 Å². The van der Waals surface area contributed by atoms with Crippen molar-refractivity contribution in [1.29, 1.82) is 0 Å². The Morgan fingerprint density at radius 1 is 1.33 bits per heavy atom. The molecule has 0 unspecified atom stereocenters. The van der Waals surface area contributed by atoms with E-state index >= 15 is 0 Å². The minimum atomic E-state index is 0.0680. The molecule has 0 amide bonds. The minimum absolute atomic E-state index is 0.0680. The first-order valence-electron chi connectivity index (χ1n) is 4.47. The second kappa shape index (κ2) is 4.45. The molecule has 0 aliphatic carbocycles. The van der Waals surface area contributed by atoms with Gasteiger partial charge >= 0.3 is 0 Å². The van der Waals surface area contributed by atoms with Crippen molar-refractivity contribution in [2.75, 3.05) is 6.61 Å². The monoisotopic (exact) mass is 263 g/mol. The molecule has 3 heteroatoms. The van der Waals surface area contributed by atoms with E-state index in [9.17, 15) is 4.79 Å². The Labute approximate surface area is 96.0 Å². The van der Waals surface area contributed by atoms with Gasteiger partial charge in [0, 0.05) is 10.5 Å². The highest BCUT2D eigenvalue weighted by molar-refractivity contribution is 9.10. The highest BCUT2D eigenvalue weighted by Gasteiger charge is 1.98. The van der Waals surface area contributed by atoms with Crippen molar-refractivity contribution in [3.8, 4) is 5.75 Å². The van der Waals surface area contributed by atoms with Gasteiger partial charge in [-0.05, 0) is 29.0 Å². The second-order valence-corrected chi connectivity index (χ2v) is 3.95. The zero-order chi connectivity index (χ0) is 10.7. The maximum atomic E-state index is 10.1. The largest absolute Gasteiger partial charge is 0.485 e. The second-order valence-electron chi connectivity index (χ2n) is 3.03. The fraction of sp³-hybridized carbons (Fsp3) is 0.0833. The Balaban J connectivity index is 2.38. The summed E-state index contributed by atoms with van der Waals surface area (Å²) in [7, 11) is 0. The molecule has 75 valence electrons. The van der Waals surface area contributed by atoms with Gasteiger partial charge in [-0.15, -0.1) is 0 Å². The number of rotatable bonds is 3. The molecule has 0 atom stereocenters. The minimum Gasteiger partial charge on any atom is -0.485 e. The standard InChI is InChI=1S/C12H8BrO2/c13-11-3-1-10-8-12(15-6-5-14)4-2-9(10)7-11/h1-5,7H,6H2. The normalized spacial score (nSPS) is 10.2. The highest BCUT2D eigenvalue weighted by atomic mass is 79.9. The molecule has 1 radical (unpaired) electrons. The molecular weight excluding hydrogens is 256 g/mol. The molecular formula is C12H8BrO2. The summed E-state index contributed by atoms with van der Waals surface area (Å²) in [5.41, 5.74) is 0. The number of fused-ring (bicyclic) bond motifs is 1. The number of hydrogen-bond donors (Lipinski definition) is 0. The first-order valence-corrected chi connectivity index (χ1v) is 5.27. The average molecular weight is 264 g/mol. The summed E-state index contributed by atoms with van der Waals surface area (Å²) < 4.78 is 6.19. The maximum absolute atomic E-state index is 10.1. The summed E-state index contributed by atoms with van der Waals surface area (Å²) in [5.74, 6) is 0.594. The molecule has 0 fully saturated rings. The van der Waals surface area contributed by atoms with Crippen LogP contribution in [0.25, 0.3) is 10.8 Å². The smallest absolute Gasteiger partial charge is 0.157 e. The van der Waals surface area contributed by atoms with Gasteiger partial charge in [-0.1, -0.05) is 28.1 Å². The lowest BCUT2D eigenvalue weighted by atomic mass is 10.1. The quantitative estimate of drug-likeness (QED) is 0.796. The van der Waals surface area contributed by atoms with Crippen LogP contribution in [0.2, 0.25) is 0 Å². The molecule has 0 saturated carbocycles. The van der Waals surface area contributed by atoms with Crippen molar-refractivity contribution in [3.05, 3.63) is 40.9 Å². The van der Waals surface area contributed by atoms with Crippen molar-refractivity contribution < 1.29 is 9.53 Å². The van der Waals surface area contributed by atoms with Crippen LogP contribution in [0.4, 0.5) is 0 Å². The van der Waals surface area contributed by atoms with E-state index in [1.807, 2.05) is 24.3 Å². The average Bonchev–Trinajstić information content (AvgIpc) is 2.26. The Morgan fingerprint density at radius 3 is 3.00 bits per heavy atom. The Kier molecular flexibility index (Phi) is 3.02. The number of aldehydes is 1. The highest BCUT2D eigenvalue weighted by Crippen LogP contribution is 2.23. The number of carbonyl (C=O) groups excluding carboxylic acids is 1. The van der Waals surface area contributed by atoms with Crippen molar-refractivity contribution >= 4 is 33.0 Å². The lowest BCUT2D eigenvalue weighted by Gasteiger charge is -2.03. The van der Waals surface area contributed by atoms with Crippen molar-refractivity contribution in [2.45, 2.75) is 0 Å². The first kappa shape index (κ1) is 10.2. The third kappa shape index (κ3) is 2.36. The van der Waals surface area contributed by atoms with Gasteiger partial charge in [0.05, 0.1) is 0 Å². The first-order chi connectivity index (χ1) is 7.29. The van der Waals surface area contributed by atoms with Crippen molar-refractivity contribution in [1.82, 2.24) is 0 Å². The van der Waals surface area contributed by atoms with Gasteiger partial charge in [-0.3, -0.25) is 4.79 Å². The number of benzene rings is 2. The van der Waals surface area contributed by atoms with E-state index in [4.69, 9.17) is 4.74 Å². The van der Waals surface area contributed by atoms with Gasteiger partial charge < -0.3 is 4.74 Å². The summed E-state index contributed by atoms with van der Waals surface area (Å²) in [6.07, 6.45) is 0.722. The van der Waals surface area contributed by atoms with Crippen LogP contribution in [0.3, 0.4) is 0 Å². The third-order valence-electron chi connectivity index (χ3n) is 1.99. The zero-order valence-electron chi connectivity index (χ0n) is 7.87. The fourth-order valence-corrected chi connectivity index (χ4v) is 1.71. The van der Waals surface area contributed by atoms with Gasteiger partial charge in [0.2, 0.25) is 0 Å². The van der Waals surface area contributed by atoms with E-state index in [2.05, 4.69) is 22.0 Å². The van der Waals surface area contributed by atoms with E-state index in [0.717, 1.165) is 21.5 Å². The molecule has 0 heterocycles. The summed E-state index contributed by atoms with van der Waals surface area (Å²) in [4.78, 5) is 10.1. The van der Waals surface area contributed by atoms with E-state index in [1.165, 1.54) is 0 Å². The number of hydrogen-bond acceptors (Lipinski definition) is 2. The molecule has 0 aliphatic heterocycles. The molecule has 0 spiro atoms. The summed E-state index contributed by atoms with van der Waals surface area (Å²) >= 11 is 3.40. The van der Waals surface area contributed by atoms with Crippen molar-refractivity contribution in [3.63, 3.8) is 0 Å². The summed E-state index contributed by atoms with van der Waals surface area (Å²) in [6, 6.07) is 12.7. The van der Waals surface area contributed by atoms with Gasteiger partial charge in [0.15, 0.2) is 6.29 Å². The molecule has 2 aromatic rings. The summed E-state index contributed by atoms with van der Waals surface area (Å²) in [5, 5.41) is 2.06. The van der Waals surface area contributed by atoms with Crippen molar-refractivity contribution in [2.24, 2.45) is 0 Å². The van der Waals surface area contributed by atoms with Crippen LogP contribution < -0.4 is 4.74 Å². The molecule has 0 aromatic heterocycles. The van der Waals surface area contributed by atoms with Crippen LogP contribution in [0.1, 0.15) is 0 Å². The Morgan fingerprint density at radius 2 is 2.20 bits per heavy atom. The Bertz CT molecular complexity index is 494. The molecule has 2 nitrogen and oxygen atoms in total. The number of ether oxygens (including phenoxy) is 1. The number of carbonyl (C=O) groups is 1. The molecule has 0 saturated heterocycles. The molecule has 0 N–H and O–H groups in total. The van der Waals surface area contributed by atoms with Crippen LogP contribution in [0.15, 0.2) is 34.8 Å². The van der Waals surface area contributed by atoms with Crippen LogP contribution in [0, 0.1) is 6.07 Å². The molecule has 0 aliphatic rings. The van der Waals surface area contributed by atoms with Crippen LogP contribution in [-0.2, 0) is 4.79 Å². The van der Waals surface area contributed by atoms with Crippen LogP contribution >= 0.6 is 15.9 Å². The SMILES string of the molecule is O=CCOc1[c]c2ccc(Br)cc2cc1. The molecule has 0 bridgehead atoms.